The summed E-state index contributed by atoms with van der Waals surface area (Å²) < 4.78 is 1.71. The van der Waals surface area contributed by atoms with Gasteiger partial charge in [0.2, 0.25) is 0 Å². The average Bonchev–Trinajstić information content (AvgIpc) is 3.52. The highest BCUT2D eigenvalue weighted by molar-refractivity contribution is 6.30. The number of hydrogen-bond acceptors (Lipinski definition) is 5. The second kappa shape index (κ2) is 10.4. The predicted molar refractivity (Wildman–Crippen MR) is 180 cm³/mol. The van der Waals surface area contributed by atoms with E-state index in [1.807, 2.05) is 24.4 Å². The minimum atomic E-state index is -0.460. The van der Waals surface area contributed by atoms with Crippen molar-refractivity contribution in [2.24, 2.45) is 0 Å². The van der Waals surface area contributed by atoms with Crippen LogP contribution in [0.3, 0.4) is 0 Å². The minimum absolute atomic E-state index is 0.0898. The first-order chi connectivity index (χ1) is 22.4. The van der Waals surface area contributed by atoms with Crippen molar-refractivity contribution in [1.82, 2.24) is 14.8 Å². The molecule has 0 spiro atoms. The molecule has 2 heterocycles. The number of nitro groups is 1. The lowest BCUT2D eigenvalue weighted by Crippen LogP contribution is -2.13. The molecule has 0 unspecified atom stereocenters. The number of halogens is 1. The van der Waals surface area contributed by atoms with E-state index in [0.717, 1.165) is 37.9 Å². The van der Waals surface area contributed by atoms with Crippen LogP contribution >= 0.6 is 11.6 Å². The monoisotopic (exact) mass is 616 g/mol. The maximum atomic E-state index is 11.9. The first-order valence-corrected chi connectivity index (χ1v) is 14.8. The number of aromatic amines is 1. The van der Waals surface area contributed by atoms with E-state index in [0.29, 0.717) is 38.8 Å². The molecule has 6 aromatic carbocycles. The average molecular weight is 617 g/mol. The fraction of sp³-hybridized carbons (Fsp3) is 0. The number of nitro benzene ring substituents is 1. The van der Waals surface area contributed by atoms with Gasteiger partial charge >= 0.3 is 0 Å². The van der Waals surface area contributed by atoms with Crippen molar-refractivity contribution in [2.45, 2.75) is 0 Å². The number of benzene rings is 6. The van der Waals surface area contributed by atoms with Crippen LogP contribution in [0.25, 0.3) is 71.6 Å². The molecule has 46 heavy (non-hydrogen) atoms. The van der Waals surface area contributed by atoms with E-state index in [2.05, 4.69) is 59.6 Å². The summed E-state index contributed by atoms with van der Waals surface area (Å²) >= 11 is 6.37. The molecule has 2 N–H and O–H groups in total. The molecule has 2 aromatic heterocycles. The lowest BCUT2D eigenvalue weighted by molar-refractivity contribution is -0.384. The van der Waals surface area contributed by atoms with Gasteiger partial charge in [0.15, 0.2) is 0 Å². The van der Waals surface area contributed by atoms with Crippen molar-refractivity contribution in [3.05, 3.63) is 142 Å². The van der Waals surface area contributed by atoms with Gasteiger partial charge in [0.05, 0.1) is 21.9 Å². The Labute approximate surface area is 266 Å². The number of nitrogens with zero attached hydrogens (tertiary/aromatic N) is 4. The lowest BCUT2D eigenvalue weighted by atomic mass is 9.89. The highest BCUT2D eigenvalue weighted by Gasteiger charge is 2.23. The third-order valence-electron chi connectivity index (χ3n) is 8.43. The summed E-state index contributed by atoms with van der Waals surface area (Å²) in [7, 11) is 0. The summed E-state index contributed by atoms with van der Waals surface area (Å²) in [6.07, 6.45) is 1.82. The number of aromatic nitrogens is 3. The van der Waals surface area contributed by atoms with Gasteiger partial charge in [-0.05, 0) is 62.6 Å². The van der Waals surface area contributed by atoms with Gasteiger partial charge in [-0.1, -0.05) is 84.4 Å². The Morgan fingerprint density at radius 2 is 1.52 bits per heavy atom. The molecular weight excluding hydrogens is 596 g/mol. The topological polar surface area (TPSA) is 124 Å². The number of hydrogen-bond donors (Lipinski definition) is 2. The van der Waals surface area contributed by atoms with Crippen LogP contribution in [0.15, 0.2) is 115 Å². The molecule has 0 atom stereocenters. The van der Waals surface area contributed by atoms with Crippen molar-refractivity contribution in [1.29, 1.82) is 10.7 Å². The SMILES string of the molecule is N#Cc1c(-c2cn(-c3cccc(Cl)c3)nc2-c2ccc3ccc4cccc5ccc2c3c45)cc(-c2ccccc2[N+](=O)[O-])[nH]c1=N. The Morgan fingerprint density at radius 3 is 2.28 bits per heavy atom. The van der Waals surface area contributed by atoms with E-state index in [1.54, 1.807) is 41.1 Å². The summed E-state index contributed by atoms with van der Waals surface area (Å²) in [5.74, 6) is 0. The van der Waals surface area contributed by atoms with Gasteiger partial charge in [-0.15, -0.1) is 0 Å². The quantitative estimate of drug-likeness (QED) is 0.114. The predicted octanol–water partition coefficient (Wildman–Crippen LogP) is 9.01. The minimum Gasteiger partial charge on any atom is -0.339 e. The van der Waals surface area contributed by atoms with Crippen LogP contribution in [-0.4, -0.2) is 19.7 Å². The van der Waals surface area contributed by atoms with Crippen LogP contribution in [0.5, 0.6) is 0 Å². The Balaban J connectivity index is 1.46. The van der Waals surface area contributed by atoms with E-state index >= 15 is 0 Å². The van der Waals surface area contributed by atoms with Crippen molar-refractivity contribution in [3.8, 4) is 45.4 Å². The summed E-state index contributed by atoms with van der Waals surface area (Å²) in [6, 6.07) is 36.3. The molecule has 0 aliphatic carbocycles. The number of nitrogens with one attached hydrogen (secondary N) is 2. The number of H-pyrrole nitrogens is 1. The number of rotatable bonds is 5. The van der Waals surface area contributed by atoms with Crippen molar-refractivity contribution in [3.63, 3.8) is 0 Å². The number of para-hydroxylation sites is 1. The van der Waals surface area contributed by atoms with Crippen LogP contribution < -0.4 is 5.49 Å². The van der Waals surface area contributed by atoms with Crippen molar-refractivity contribution >= 4 is 49.6 Å². The van der Waals surface area contributed by atoms with Crippen LogP contribution in [0, 0.1) is 26.9 Å². The van der Waals surface area contributed by atoms with E-state index in [1.165, 1.54) is 6.07 Å². The van der Waals surface area contributed by atoms with E-state index < -0.39 is 4.92 Å². The molecule has 8 aromatic rings. The third kappa shape index (κ3) is 4.22. The summed E-state index contributed by atoms with van der Waals surface area (Å²) in [5.41, 5.74) is 3.62. The fourth-order valence-corrected chi connectivity index (χ4v) is 6.57. The standard InChI is InChI=1S/C37H21ClN6O2/c38-24-7-4-8-25(17-24)43-20-31(29-18-32(41-37(40)30(29)19-39)28-9-1-2-10-33(28)44(45)46)36(42-43)27-16-14-23-12-11-21-5-3-6-22-13-15-26(27)35(23)34(21)22/h1-18,20H,(H2,40,41). The van der Waals surface area contributed by atoms with Gasteiger partial charge < -0.3 is 4.98 Å². The Kier molecular flexibility index (Phi) is 6.17. The van der Waals surface area contributed by atoms with E-state index in [9.17, 15) is 15.4 Å². The second-order valence-corrected chi connectivity index (χ2v) is 11.5. The largest absolute Gasteiger partial charge is 0.339 e. The molecule has 218 valence electrons. The molecule has 0 radical (unpaired) electrons. The maximum absolute atomic E-state index is 11.9. The highest BCUT2D eigenvalue weighted by atomic mass is 35.5. The van der Waals surface area contributed by atoms with Crippen LogP contribution in [-0.2, 0) is 0 Å². The molecule has 8 nitrogen and oxygen atoms in total. The molecule has 0 amide bonds. The smallest absolute Gasteiger partial charge is 0.278 e. The van der Waals surface area contributed by atoms with Gasteiger partial charge in [0, 0.05) is 34.0 Å². The van der Waals surface area contributed by atoms with Crippen LogP contribution in [0.1, 0.15) is 5.56 Å². The summed E-state index contributed by atoms with van der Waals surface area (Å²) in [4.78, 5) is 14.4. The summed E-state index contributed by atoms with van der Waals surface area (Å²) in [6.45, 7) is 0. The third-order valence-corrected chi connectivity index (χ3v) is 8.67. The van der Waals surface area contributed by atoms with Gasteiger partial charge in [-0.2, -0.15) is 10.4 Å². The van der Waals surface area contributed by atoms with E-state index in [-0.39, 0.29) is 16.7 Å². The molecule has 0 saturated carbocycles. The normalized spacial score (nSPS) is 11.4. The van der Waals surface area contributed by atoms with Crippen LogP contribution in [0.2, 0.25) is 5.02 Å². The second-order valence-electron chi connectivity index (χ2n) is 11.0. The zero-order chi connectivity index (χ0) is 31.5. The summed E-state index contributed by atoms with van der Waals surface area (Å²) in [5, 5.41) is 43.2. The Bertz CT molecular complexity index is 2620. The molecule has 0 aliphatic rings. The number of nitriles is 1. The molecule has 0 bridgehead atoms. The van der Waals surface area contributed by atoms with Gasteiger partial charge in [-0.3, -0.25) is 15.5 Å². The van der Waals surface area contributed by atoms with Crippen molar-refractivity contribution < 1.29 is 4.92 Å². The van der Waals surface area contributed by atoms with Gasteiger partial charge in [-0.25, -0.2) is 4.68 Å². The first kappa shape index (κ1) is 27.3. The van der Waals surface area contributed by atoms with Crippen molar-refractivity contribution in [2.75, 3.05) is 0 Å². The molecule has 0 fully saturated rings. The fourth-order valence-electron chi connectivity index (χ4n) is 6.38. The van der Waals surface area contributed by atoms with E-state index in [4.69, 9.17) is 22.1 Å². The maximum Gasteiger partial charge on any atom is 0.278 e. The first-order valence-electron chi connectivity index (χ1n) is 14.4. The lowest BCUT2D eigenvalue weighted by Gasteiger charge is -2.14. The van der Waals surface area contributed by atoms with Gasteiger partial charge in [0.25, 0.3) is 5.69 Å². The zero-order valence-electron chi connectivity index (χ0n) is 24.0. The van der Waals surface area contributed by atoms with Gasteiger partial charge in [0.1, 0.15) is 22.8 Å². The molecule has 9 heteroatoms. The highest BCUT2D eigenvalue weighted by Crippen LogP contribution is 2.42. The Morgan fingerprint density at radius 1 is 0.804 bits per heavy atom. The molecule has 0 saturated heterocycles. The molecule has 8 rings (SSSR count). The molecule has 0 aliphatic heterocycles. The van der Waals surface area contributed by atoms with Crippen LogP contribution in [0.4, 0.5) is 5.69 Å². The Hall–Kier alpha value is -6.30. The molecular formula is C37H21ClN6O2. The number of pyridine rings is 1. The zero-order valence-corrected chi connectivity index (χ0v) is 24.7.